The van der Waals surface area contributed by atoms with Crippen LogP contribution in [-0.2, 0) is 10.2 Å². The Kier molecular flexibility index (Phi) is 6.90. The number of thiocarbonyl (C=S) groups is 1. The molecule has 0 aliphatic rings. The molecule has 2 aromatic rings. The predicted octanol–water partition coefficient (Wildman–Crippen LogP) is 2.73. The molecular weight excluding hydrogens is 360 g/mol. The zero-order valence-electron chi connectivity index (χ0n) is 15.6. The van der Waals surface area contributed by atoms with Gasteiger partial charge in [-0.05, 0) is 47.5 Å². The highest BCUT2D eigenvalue weighted by Gasteiger charge is 2.14. The molecule has 2 amide bonds. The fourth-order valence-corrected chi connectivity index (χ4v) is 2.41. The number of nitrogens with one attached hydrogen (secondary N) is 4. The first-order valence-electron chi connectivity index (χ1n) is 8.55. The highest BCUT2D eigenvalue weighted by atomic mass is 32.1. The third-order valence-electron chi connectivity index (χ3n) is 3.77. The van der Waals surface area contributed by atoms with E-state index in [0.717, 1.165) is 11.3 Å². The zero-order chi connectivity index (χ0) is 19.9. The van der Waals surface area contributed by atoms with Crippen LogP contribution in [-0.4, -0.2) is 23.5 Å². The molecule has 142 valence electrons. The van der Waals surface area contributed by atoms with E-state index in [-0.39, 0.29) is 23.0 Å². The van der Waals surface area contributed by atoms with Crippen molar-refractivity contribution in [2.75, 3.05) is 11.9 Å². The van der Waals surface area contributed by atoms with E-state index in [2.05, 4.69) is 42.3 Å². The minimum absolute atomic E-state index is 0.0206. The molecule has 0 atom stereocenters. The highest BCUT2D eigenvalue weighted by Crippen LogP contribution is 2.22. The quantitative estimate of drug-likeness (QED) is 0.481. The summed E-state index contributed by atoms with van der Waals surface area (Å²) in [5.41, 5.74) is 7.49. The van der Waals surface area contributed by atoms with Gasteiger partial charge in [0.15, 0.2) is 5.11 Å². The van der Waals surface area contributed by atoms with Crippen LogP contribution in [0.25, 0.3) is 0 Å². The van der Waals surface area contributed by atoms with Gasteiger partial charge in [0.1, 0.15) is 0 Å². The van der Waals surface area contributed by atoms with Gasteiger partial charge in [-0.1, -0.05) is 51.1 Å². The van der Waals surface area contributed by atoms with Crippen LogP contribution < -0.4 is 21.5 Å². The van der Waals surface area contributed by atoms with E-state index in [1.807, 2.05) is 42.5 Å². The molecule has 0 bridgehead atoms. The number of hydrazine groups is 1. The number of carbonyl (C=O) groups is 2. The van der Waals surface area contributed by atoms with Crippen molar-refractivity contribution >= 4 is 34.8 Å². The molecule has 0 aromatic heterocycles. The van der Waals surface area contributed by atoms with Gasteiger partial charge in [-0.2, -0.15) is 0 Å². The zero-order valence-corrected chi connectivity index (χ0v) is 16.4. The summed E-state index contributed by atoms with van der Waals surface area (Å²) in [7, 11) is 0. The summed E-state index contributed by atoms with van der Waals surface area (Å²) in [6.07, 6.45) is 0. The minimum atomic E-state index is -0.410. The summed E-state index contributed by atoms with van der Waals surface area (Å²) >= 11 is 5.08. The van der Waals surface area contributed by atoms with Gasteiger partial charge < -0.3 is 10.6 Å². The molecule has 6 nitrogen and oxygen atoms in total. The molecule has 4 N–H and O–H groups in total. The topological polar surface area (TPSA) is 82.3 Å². The maximum absolute atomic E-state index is 12.1. The molecule has 27 heavy (non-hydrogen) atoms. The van der Waals surface area contributed by atoms with Crippen molar-refractivity contribution < 1.29 is 9.59 Å². The molecule has 0 spiro atoms. The number of rotatable bonds is 4. The number of benzene rings is 2. The summed E-state index contributed by atoms with van der Waals surface area (Å²) < 4.78 is 0. The Morgan fingerprint density at radius 2 is 1.56 bits per heavy atom. The number of hydrogen-bond donors (Lipinski definition) is 4. The Hall–Kier alpha value is -2.93. The van der Waals surface area contributed by atoms with Gasteiger partial charge in [-0.3, -0.25) is 20.4 Å². The molecule has 0 fully saturated rings. The van der Waals surface area contributed by atoms with Crippen molar-refractivity contribution in [3.05, 3.63) is 65.7 Å². The van der Waals surface area contributed by atoms with Gasteiger partial charge in [-0.15, -0.1) is 0 Å². The van der Waals surface area contributed by atoms with Crippen LogP contribution in [0.5, 0.6) is 0 Å². The van der Waals surface area contributed by atoms with E-state index in [0.29, 0.717) is 5.56 Å². The van der Waals surface area contributed by atoms with E-state index < -0.39 is 5.91 Å². The van der Waals surface area contributed by atoms with Crippen molar-refractivity contribution in [1.29, 1.82) is 0 Å². The predicted molar refractivity (Wildman–Crippen MR) is 111 cm³/mol. The molecule has 0 aliphatic carbocycles. The van der Waals surface area contributed by atoms with Gasteiger partial charge in [0.05, 0.1) is 6.54 Å². The molecular formula is C20H24N4O2S. The molecule has 2 aromatic carbocycles. The Balaban J connectivity index is 1.74. The third-order valence-corrected chi connectivity index (χ3v) is 3.97. The Morgan fingerprint density at radius 1 is 0.926 bits per heavy atom. The number of anilines is 1. The largest absolute Gasteiger partial charge is 0.343 e. The Morgan fingerprint density at radius 3 is 2.15 bits per heavy atom. The third kappa shape index (κ3) is 6.71. The normalized spacial score (nSPS) is 10.6. The van der Waals surface area contributed by atoms with Gasteiger partial charge >= 0.3 is 0 Å². The van der Waals surface area contributed by atoms with E-state index in [9.17, 15) is 9.59 Å². The second-order valence-electron chi connectivity index (χ2n) is 7.00. The first kappa shape index (κ1) is 20.4. The van der Waals surface area contributed by atoms with Crippen molar-refractivity contribution in [2.24, 2.45) is 0 Å². The fourth-order valence-electron chi connectivity index (χ4n) is 2.24. The summed E-state index contributed by atoms with van der Waals surface area (Å²) in [5.74, 6) is -0.720. The van der Waals surface area contributed by atoms with Crippen LogP contribution in [0.15, 0.2) is 54.6 Å². The minimum Gasteiger partial charge on any atom is -0.343 e. The highest BCUT2D eigenvalue weighted by molar-refractivity contribution is 7.80. The lowest BCUT2D eigenvalue weighted by molar-refractivity contribution is -0.120. The van der Waals surface area contributed by atoms with Crippen molar-refractivity contribution in [3.8, 4) is 0 Å². The first-order chi connectivity index (χ1) is 12.8. The van der Waals surface area contributed by atoms with E-state index in [1.54, 1.807) is 12.1 Å². The van der Waals surface area contributed by atoms with E-state index >= 15 is 0 Å². The van der Waals surface area contributed by atoms with Gasteiger partial charge in [-0.25, -0.2) is 0 Å². The number of carbonyl (C=O) groups excluding carboxylic acids is 2. The molecule has 0 saturated carbocycles. The van der Waals surface area contributed by atoms with Crippen LogP contribution in [0.1, 0.15) is 36.7 Å². The number of para-hydroxylation sites is 1. The van der Waals surface area contributed by atoms with E-state index in [1.165, 1.54) is 0 Å². The summed E-state index contributed by atoms with van der Waals surface area (Å²) in [6, 6.07) is 16.7. The number of amides is 2. The van der Waals surface area contributed by atoms with E-state index in [4.69, 9.17) is 12.2 Å². The molecule has 0 unspecified atom stereocenters. The molecule has 0 radical (unpaired) electrons. The Bertz CT molecular complexity index is 799. The average Bonchev–Trinajstić information content (AvgIpc) is 2.64. The lowest BCUT2D eigenvalue weighted by Gasteiger charge is -2.19. The molecule has 0 saturated heterocycles. The smallest absolute Gasteiger partial charge is 0.257 e. The SMILES string of the molecule is CC(C)(C)c1ccc(C(=O)NCC(=O)NNC(=S)Nc2ccccc2)cc1. The Labute approximate surface area is 164 Å². The van der Waals surface area contributed by atoms with Crippen LogP contribution in [0.2, 0.25) is 0 Å². The fraction of sp³-hybridized carbons (Fsp3) is 0.250. The summed E-state index contributed by atoms with van der Waals surface area (Å²) in [5, 5.41) is 5.75. The maximum Gasteiger partial charge on any atom is 0.257 e. The summed E-state index contributed by atoms with van der Waals surface area (Å²) in [4.78, 5) is 24.0. The van der Waals surface area contributed by atoms with Crippen LogP contribution in [0, 0.1) is 0 Å². The van der Waals surface area contributed by atoms with Gasteiger partial charge in [0, 0.05) is 11.3 Å². The summed E-state index contributed by atoms with van der Waals surface area (Å²) in [6.45, 7) is 6.16. The lowest BCUT2D eigenvalue weighted by Crippen LogP contribution is -2.47. The second kappa shape index (κ2) is 9.14. The van der Waals surface area contributed by atoms with Crippen LogP contribution >= 0.6 is 12.2 Å². The average molecular weight is 385 g/mol. The monoisotopic (exact) mass is 384 g/mol. The molecule has 2 rings (SSSR count). The second-order valence-corrected chi connectivity index (χ2v) is 7.41. The number of hydrogen-bond acceptors (Lipinski definition) is 3. The molecule has 0 heterocycles. The first-order valence-corrected chi connectivity index (χ1v) is 8.96. The van der Waals surface area contributed by atoms with Crippen molar-refractivity contribution in [3.63, 3.8) is 0 Å². The maximum atomic E-state index is 12.1. The van der Waals surface area contributed by atoms with Crippen LogP contribution in [0.4, 0.5) is 5.69 Å². The standard InChI is InChI=1S/C20H24N4O2S/c1-20(2,3)15-11-9-14(10-12-15)18(26)21-13-17(25)23-24-19(27)22-16-7-5-4-6-8-16/h4-12H,13H2,1-3H3,(H,21,26)(H,23,25)(H2,22,24,27). The van der Waals surface area contributed by atoms with Crippen molar-refractivity contribution in [2.45, 2.75) is 26.2 Å². The van der Waals surface area contributed by atoms with Crippen molar-refractivity contribution in [1.82, 2.24) is 16.2 Å². The lowest BCUT2D eigenvalue weighted by atomic mass is 9.87. The van der Waals surface area contributed by atoms with Gasteiger partial charge in [0.2, 0.25) is 0 Å². The van der Waals surface area contributed by atoms with Crippen LogP contribution in [0.3, 0.4) is 0 Å². The van der Waals surface area contributed by atoms with Gasteiger partial charge in [0.25, 0.3) is 11.8 Å². The molecule has 7 heteroatoms. The molecule has 0 aliphatic heterocycles.